The van der Waals surface area contributed by atoms with Crippen LogP contribution >= 0.6 is 17.7 Å². The van der Waals surface area contributed by atoms with Gasteiger partial charge in [0.25, 0.3) is 0 Å². The van der Waals surface area contributed by atoms with Gasteiger partial charge in [-0.3, -0.25) is 0 Å². The Hall–Kier alpha value is -0.980. The van der Waals surface area contributed by atoms with E-state index in [9.17, 15) is 4.57 Å². The predicted molar refractivity (Wildman–Crippen MR) is 80.4 cm³/mol. The second-order valence-electron chi connectivity index (χ2n) is 4.53. The molecule has 0 unspecified atom stereocenters. The number of hydrogen-bond donors (Lipinski definition) is 0. The molecule has 2 aromatic carbocycles. The van der Waals surface area contributed by atoms with Crippen LogP contribution in [-0.4, -0.2) is 5.25 Å². The van der Waals surface area contributed by atoms with Crippen LogP contribution in [0.3, 0.4) is 0 Å². The topological polar surface area (TPSA) is 17.1 Å². The number of benzene rings is 2. The van der Waals surface area contributed by atoms with Gasteiger partial charge in [0.2, 0.25) is 0 Å². The molecule has 0 saturated heterocycles. The van der Waals surface area contributed by atoms with E-state index in [1.807, 2.05) is 60.7 Å². The van der Waals surface area contributed by atoms with Gasteiger partial charge in [-0.25, -0.2) is 0 Å². The smallest absolute Gasteiger partial charge is 0.195 e. The third-order valence-electron chi connectivity index (χ3n) is 3.01. The van der Waals surface area contributed by atoms with Crippen LogP contribution < -0.4 is 10.6 Å². The van der Waals surface area contributed by atoms with Crippen molar-refractivity contribution in [3.05, 3.63) is 60.7 Å². The zero-order valence-electron chi connectivity index (χ0n) is 10.0. The molecule has 3 heteroatoms. The third-order valence-corrected chi connectivity index (χ3v) is 9.09. The quantitative estimate of drug-likeness (QED) is 0.789. The van der Waals surface area contributed by atoms with Gasteiger partial charge in [-0.1, -0.05) is 72.0 Å². The molecule has 18 heavy (non-hydrogen) atoms. The molecule has 3 rings (SSSR count). The summed E-state index contributed by atoms with van der Waals surface area (Å²) in [5.74, 6) is 0. The maximum Gasteiger partial charge on any atom is 0.195 e. The lowest BCUT2D eigenvalue weighted by atomic mass is 10.4. The van der Waals surface area contributed by atoms with Crippen LogP contribution in [0.15, 0.2) is 60.7 Å². The van der Waals surface area contributed by atoms with Crippen LogP contribution in [0, 0.1) is 0 Å². The van der Waals surface area contributed by atoms with Crippen molar-refractivity contribution in [2.75, 3.05) is 0 Å². The molecule has 1 aliphatic carbocycles. The van der Waals surface area contributed by atoms with Gasteiger partial charge in [0.15, 0.2) is 6.34 Å². The Morgan fingerprint density at radius 2 is 1.28 bits per heavy atom. The van der Waals surface area contributed by atoms with E-state index in [0.29, 0.717) is 5.25 Å². The molecule has 0 radical (unpaired) electrons. The van der Waals surface area contributed by atoms with Gasteiger partial charge in [-0.05, 0) is 12.8 Å². The summed E-state index contributed by atoms with van der Waals surface area (Å²) in [4.78, 5) is 0. The number of hydrogen-bond acceptors (Lipinski definition) is 2. The highest BCUT2D eigenvalue weighted by molar-refractivity contribution is 8.62. The van der Waals surface area contributed by atoms with Crippen molar-refractivity contribution in [2.24, 2.45) is 0 Å². The van der Waals surface area contributed by atoms with Crippen molar-refractivity contribution in [1.82, 2.24) is 0 Å². The van der Waals surface area contributed by atoms with Crippen LogP contribution in [0.5, 0.6) is 0 Å². The van der Waals surface area contributed by atoms with Gasteiger partial charge in [-0.2, -0.15) is 0 Å². The summed E-state index contributed by atoms with van der Waals surface area (Å²) in [5, 5.41) is 2.51. The summed E-state index contributed by atoms with van der Waals surface area (Å²) in [7, 11) is 0. The van der Waals surface area contributed by atoms with Crippen LogP contribution in [0.1, 0.15) is 12.8 Å². The Morgan fingerprint density at radius 1 is 0.833 bits per heavy atom. The van der Waals surface area contributed by atoms with Crippen molar-refractivity contribution >= 4 is 28.3 Å². The van der Waals surface area contributed by atoms with Gasteiger partial charge in [-0.15, -0.1) is 0 Å². The minimum Gasteiger partial charge on any atom is -0.302 e. The minimum atomic E-state index is -2.50. The first kappa shape index (κ1) is 12.1. The highest BCUT2D eigenvalue weighted by atomic mass is 32.7. The summed E-state index contributed by atoms with van der Waals surface area (Å²) in [6.45, 7) is 0. The lowest BCUT2D eigenvalue weighted by molar-refractivity contribution is 0.595. The molecule has 0 aromatic heterocycles. The van der Waals surface area contributed by atoms with Crippen LogP contribution in [-0.2, 0) is 4.57 Å². The molecule has 0 atom stereocenters. The zero-order chi connectivity index (χ0) is 12.4. The average molecular weight is 274 g/mol. The minimum absolute atomic E-state index is 0.580. The molecular weight excluding hydrogens is 259 g/mol. The third kappa shape index (κ3) is 2.41. The highest BCUT2D eigenvalue weighted by Crippen LogP contribution is 2.62. The Bertz CT molecular complexity index is 520. The largest absolute Gasteiger partial charge is 0.302 e. The molecule has 0 heterocycles. The van der Waals surface area contributed by atoms with E-state index >= 15 is 0 Å². The maximum absolute atomic E-state index is 13.4. The lowest BCUT2D eigenvalue weighted by Crippen LogP contribution is -2.13. The second kappa shape index (κ2) is 4.95. The molecule has 0 amide bonds. The van der Waals surface area contributed by atoms with E-state index < -0.39 is 6.34 Å². The fraction of sp³-hybridized carbons (Fsp3) is 0.200. The Labute approximate surface area is 112 Å². The molecule has 92 valence electrons. The summed E-state index contributed by atoms with van der Waals surface area (Å²) >= 11 is 1.67. The predicted octanol–water partition coefficient (Wildman–Crippen LogP) is 3.81. The summed E-state index contributed by atoms with van der Waals surface area (Å²) in [6.07, 6.45) is -0.0956. The fourth-order valence-electron chi connectivity index (χ4n) is 1.90. The van der Waals surface area contributed by atoms with Gasteiger partial charge in [0, 0.05) is 15.9 Å². The zero-order valence-corrected chi connectivity index (χ0v) is 11.7. The second-order valence-corrected chi connectivity index (χ2v) is 9.72. The van der Waals surface area contributed by atoms with Crippen LogP contribution in [0.4, 0.5) is 0 Å². The Balaban J connectivity index is 2.06. The van der Waals surface area contributed by atoms with Crippen molar-refractivity contribution in [3.63, 3.8) is 0 Å². The molecule has 0 spiro atoms. The molecule has 1 aliphatic rings. The molecule has 0 bridgehead atoms. The maximum atomic E-state index is 13.4. The molecule has 1 nitrogen and oxygen atoms in total. The first-order valence-corrected chi connectivity index (χ1v) is 9.38. The van der Waals surface area contributed by atoms with Crippen molar-refractivity contribution < 1.29 is 4.57 Å². The first-order chi connectivity index (χ1) is 8.79. The van der Waals surface area contributed by atoms with Crippen LogP contribution in [0.2, 0.25) is 0 Å². The SMILES string of the molecule is O=P(SC1CC1)(c1ccccc1)c1ccccc1. The summed E-state index contributed by atoms with van der Waals surface area (Å²) in [6, 6.07) is 19.8. The standard InChI is InChI=1S/C15H15OPS/c16-17(18-15-11-12-15,13-7-3-1-4-8-13)14-9-5-2-6-10-14/h1-10,15H,11-12H2. The van der Waals surface area contributed by atoms with Gasteiger partial charge < -0.3 is 4.57 Å². The summed E-state index contributed by atoms with van der Waals surface area (Å²) in [5.41, 5.74) is 0. The van der Waals surface area contributed by atoms with Crippen molar-refractivity contribution in [1.29, 1.82) is 0 Å². The molecular formula is C15H15OPS. The lowest BCUT2D eigenvalue weighted by Gasteiger charge is -2.18. The highest BCUT2D eigenvalue weighted by Gasteiger charge is 2.35. The molecule has 1 fully saturated rings. The first-order valence-electron chi connectivity index (χ1n) is 6.19. The molecule has 0 aliphatic heterocycles. The Morgan fingerprint density at radius 3 is 1.67 bits per heavy atom. The van der Waals surface area contributed by atoms with Crippen molar-refractivity contribution in [2.45, 2.75) is 18.1 Å². The molecule has 2 aromatic rings. The van der Waals surface area contributed by atoms with Crippen LogP contribution in [0.25, 0.3) is 0 Å². The average Bonchev–Trinajstić information content (AvgIpc) is 3.24. The fourth-order valence-corrected chi connectivity index (χ4v) is 7.69. The van der Waals surface area contributed by atoms with Gasteiger partial charge in [0.05, 0.1) is 0 Å². The van der Waals surface area contributed by atoms with Crippen molar-refractivity contribution in [3.8, 4) is 0 Å². The van der Waals surface area contributed by atoms with E-state index in [4.69, 9.17) is 0 Å². The van der Waals surface area contributed by atoms with E-state index in [1.165, 1.54) is 12.8 Å². The van der Waals surface area contributed by atoms with E-state index in [-0.39, 0.29) is 0 Å². The monoisotopic (exact) mass is 274 g/mol. The summed E-state index contributed by atoms with van der Waals surface area (Å²) < 4.78 is 13.4. The van der Waals surface area contributed by atoms with E-state index in [2.05, 4.69) is 0 Å². The number of rotatable bonds is 4. The van der Waals surface area contributed by atoms with Gasteiger partial charge in [0.1, 0.15) is 0 Å². The Kier molecular flexibility index (Phi) is 3.32. The normalized spacial score (nSPS) is 15.6. The molecule has 0 N–H and O–H groups in total. The van der Waals surface area contributed by atoms with Gasteiger partial charge >= 0.3 is 0 Å². The molecule has 1 saturated carbocycles. The van der Waals surface area contributed by atoms with E-state index in [0.717, 1.165) is 10.6 Å². The van der Waals surface area contributed by atoms with E-state index in [1.54, 1.807) is 11.4 Å².